The van der Waals surface area contributed by atoms with Gasteiger partial charge in [0.15, 0.2) is 0 Å². The van der Waals surface area contributed by atoms with E-state index in [1.807, 2.05) is 56.6 Å². The van der Waals surface area contributed by atoms with Gasteiger partial charge in [-0.1, -0.05) is 30.3 Å². The number of anilines is 3. The smallest absolute Gasteiger partial charge is 0.319 e. The van der Waals surface area contributed by atoms with Crippen molar-refractivity contribution in [2.45, 2.75) is 6.04 Å². The minimum absolute atomic E-state index is 0.0492. The molecule has 0 bridgehead atoms. The van der Waals surface area contributed by atoms with Gasteiger partial charge in [0.25, 0.3) is 0 Å². The first kappa shape index (κ1) is 23.6. The number of hydrogen-bond acceptors (Lipinski definition) is 4. The normalized spacial score (nSPS) is 15.0. The first-order valence-electron chi connectivity index (χ1n) is 11.6. The Bertz CT molecular complexity index is 1050. The minimum Gasteiger partial charge on any atom is -0.378 e. The molecule has 0 spiro atoms. The van der Waals surface area contributed by atoms with Crippen LogP contribution in [0.3, 0.4) is 0 Å². The number of carbonyl (C=O) groups is 1. The minimum atomic E-state index is -0.219. The maximum Gasteiger partial charge on any atom is 0.319 e. The molecule has 1 atom stereocenters. The summed E-state index contributed by atoms with van der Waals surface area (Å²) < 4.78 is 13.3. The van der Waals surface area contributed by atoms with Crippen LogP contribution in [0.1, 0.15) is 11.6 Å². The van der Waals surface area contributed by atoms with Gasteiger partial charge >= 0.3 is 6.03 Å². The highest BCUT2D eigenvalue weighted by Crippen LogP contribution is 2.26. The van der Waals surface area contributed by atoms with Crippen LogP contribution in [0.25, 0.3) is 0 Å². The van der Waals surface area contributed by atoms with Crippen LogP contribution in [0.15, 0.2) is 78.9 Å². The molecular formula is C27H32FN5O. The zero-order valence-corrected chi connectivity index (χ0v) is 19.7. The molecule has 178 valence electrons. The largest absolute Gasteiger partial charge is 0.378 e. The van der Waals surface area contributed by atoms with E-state index in [4.69, 9.17) is 0 Å². The lowest BCUT2D eigenvalue weighted by Crippen LogP contribution is -2.50. The quantitative estimate of drug-likeness (QED) is 0.541. The van der Waals surface area contributed by atoms with E-state index < -0.39 is 0 Å². The van der Waals surface area contributed by atoms with Crippen molar-refractivity contribution in [2.24, 2.45) is 0 Å². The molecule has 1 aliphatic rings. The Morgan fingerprint density at radius 2 is 1.56 bits per heavy atom. The van der Waals surface area contributed by atoms with Gasteiger partial charge in [0.05, 0.1) is 6.04 Å². The Morgan fingerprint density at radius 3 is 2.18 bits per heavy atom. The predicted molar refractivity (Wildman–Crippen MR) is 137 cm³/mol. The lowest BCUT2D eigenvalue weighted by Gasteiger charge is -2.40. The number of urea groups is 1. The average Bonchev–Trinajstić information content (AvgIpc) is 2.86. The maximum absolute atomic E-state index is 13.3. The summed E-state index contributed by atoms with van der Waals surface area (Å²) >= 11 is 0. The number of para-hydroxylation sites is 1. The standard InChI is InChI=1S/C27H32FN5O/c1-31(2)24-12-8-21(9-13-24)26(20-29-27(34)30-23-6-4-3-5-7-23)33-18-16-32(17-19-33)25-14-10-22(28)11-15-25/h3-15,26H,16-20H2,1-2H3,(H2,29,30,34). The zero-order valence-electron chi connectivity index (χ0n) is 19.7. The van der Waals surface area contributed by atoms with E-state index in [0.29, 0.717) is 6.54 Å². The molecule has 2 N–H and O–H groups in total. The van der Waals surface area contributed by atoms with Crippen molar-refractivity contribution in [3.05, 3.63) is 90.2 Å². The number of benzene rings is 3. The monoisotopic (exact) mass is 461 g/mol. The Hall–Kier alpha value is -3.58. The Labute approximate surface area is 201 Å². The number of nitrogens with one attached hydrogen (secondary N) is 2. The SMILES string of the molecule is CN(C)c1ccc(C(CNC(=O)Nc2ccccc2)N2CCN(c3ccc(F)cc3)CC2)cc1. The van der Waals surface area contributed by atoms with Crippen molar-refractivity contribution >= 4 is 23.1 Å². The van der Waals surface area contributed by atoms with Gasteiger partial charge < -0.3 is 20.4 Å². The highest BCUT2D eigenvalue weighted by Gasteiger charge is 2.26. The van der Waals surface area contributed by atoms with Gasteiger partial charge in [-0.3, -0.25) is 4.90 Å². The summed E-state index contributed by atoms with van der Waals surface area (Å²) in [5.74, 6) is -0.219. The molecule has 1 unspecified atom stereocenters. The number of rotatable bonds is 7. The topological polar surface area (TPSA) is 50.9 Å². The van der Waals surface area contributed by atoms with Crippen LogP contribution in [-0.2, 0) is 0 Å². The fraction of sp³-hybridized carbons (Fsp3) is 0.296. The van der Waals surface area contributed by atoms with E-state index >= 15 is 0 Å². The van der Waals surface area contributed by atoms with Crippen LogP contribution in [0.5, 0.6) is 0 Å². The number of nitrogens with zero attached hydrogens (tertiary/aromatic N) is 3. The molecule has 0 radical (unpaired) electrons. The van der Waals surface area contributed by atoms with E-state index in [9.17, 15) is 9.18 Å². The van der Waals surface area contributed by atoms with E-state index in [1.165, 1.54) is 17.7 Å². The molecule has 1 fully saturated rings. The van der Waals surface area contributed by atoms with Gasteiger partial charge in [0, 0.05) is 63.9 Å². The second-order valence-electron chi connectivity index (χ2n) is 8.70. The number of piperazine rings is 1. The molecule has 1 aliphatic heterocycles. The van der Waals surface area contributed by atoms with Crippen LogP contribution in [0.4, 0.5) is 26.2 Å². The number of amides is 2. The van der Waals surface area contributed by atoms with Crippen LogP contribution >= 0.6 is 0 Å². The molecule has 0 aliphatic carbocycles. The van der Waals surface area contributed by atoms with Crippen molar-refractivity contribution in [1.29, 1.82) is 0 Å². The van der Waals surface area contributed by atoms with Crippen LogP contribution < -0.4 is 20.4 Å². The van der Waals surface area contributed by atoms with Gasteiger partial charge in [0.1, 0.15) is 5.82 Å². The third-order valence-electron chi connectivity index (χ3n) is 6.23. The molecule has 2 amide bonds. The zero-order chi connectivity index (χ0) is 23.9. The molecule has 6 nitrogen and oxygen atoms in total. The van der Waals surface area contributed by atoms with Crippen molar-refractivity contribution in [3.63, 3.8) is 0 Å². The first-order valence-corrected chi connectivity index (χ1v) is 11.6. The Kier molecular flexibility index (Phi) is 7.65. The van der Waals surface area contributed by atoms with Crippen molar-refractivity contribution in [2.75, 3.05) is 61.9 Å². The van der Waals surface area contributed by atoms with Gasteiger partial charge in [-0.15, -0.1) is 0 Å². The molecular weight excluding hydrogens is 429 g/mol. The summed E-state index contributed by atoms with van der Waals surface area (Å²) in [6.45, 7) is 3.87. The summed E-state index contributed by atoms with van der Waals surface area (Å²) in [5.41, 5.74) is 4.10. The van der Waals surface area contributed by atoms with E-state index in [-0.39, 0.29) is 17.9 Å². The van der Waals surface area contributed by atoms with E-state index in [2.05, 4.69) is 49.6 Å². The number of halogens is 1. The number of hydrogen-bond donors (Lipinski definition) is 2. The summed E-state index contributed by atoms with van der Waals surface area (Å²) in [7, 11) is 4.05. The molecule has 0 aromatic heterocycles. The third-order valence-corrected chi connectivity index (χ3v) is 6.23. The summed E-state index contributed by atoms with van der Waals surface area (Å²) in [6, 6.07) is 24.5. The number of carbonyl (C=O) groups excluding carboxylic acids is 1. The van der Waals surface area contributed by atoms with Gasteiger partial charge in [0.2, 0.25) is 0 Å². The fourth-order valence-electron chi connectivity index (χ4n) is 4.28. The van der Waals surface area contributed by atoms with E-state index in [1.54, 1.807) is 0 Å². The van der Waals surface area contributed by atoms with Crippen LogP contribution in [0, 0.1) is 5.82 Å². The lowest BCUT2D eigenvalue weighted by molar-refractivity contribution is 0.182. The first-order chi connectivity index (χ1) is 16.5. The molecule has 3 aromatic carbocycles. The second kappa shape index (κ2) is 11.0. The highest BCUT2D eigenvalue weighted by molar-refractivity contribution is 5.89. The molecule has 3 aromatic rings. The molecule has 1 saturated heterocycles. The molecule has 1 heterocycles. The highest BCUT2D eigenvalue weighted by atomic mass is 19.1. The summed E-state index contributed by atoms with van der Waals surface area (Å²) in [5, 5.41) is 5.95. The summed E-state index contributed by atoms with van der Waals surface area (Å²) in [6.07, 6.45) is 0. The van der Waals surface area contributed by atoms with Crippen molar-refractivity contribution in [3.8, 4) is 0 Å². The Balaban J connectivity index is 1.44. The van der Waals surface area contributed by atoms with E-state index in [0.717, 1.165) is 43.2 Å². The van der Waals surface area contributed by atoms with Gasteiger partial charge in [-0.05, 0) is 54.1 Å². The fourth-order valence-corrected chi connectivity index (χ4v) is 4.28. The van der Waals surface area contributed by atoms with Gasteiger partial charge in [-0.2, -0.15) is 0 Å². The molecule has 34 heavy (non-hydrogen) atoms. The third kappa shape index (κ3) is 6.05. The van der Waals surface area contributed by atoms with Gasteiger partial charge in [-0.25, -0.2) is 9.18 Å². The maximum atomic E-state index is 13.3. The van der Waals surface area contributed by atoms with Crippen molar-refractivity contribution < 1.29 is 9.18 Å². The lowest BCUT2D eigenvalue weighted by atomic mass is 10.0. The molecule has 4 rings (SSSR count). The predicted octanol–water partition coefficient (Wildman–Crippen LogP) is 4.58. The second-order valence-corrected chi connectivity index (χ2v) is 8.70. The van der Waals surface area contributed by atoms with Crippen LogP contribution in [0.2, 0.25) is 0 Å². The molecule has 7 heteroatoms. The van der Waals surface area contributed by atoms with Crippen LogP contribution in [-0.4, -0.2) is 57.8 Å². The Morgan fingerprint density at radius 1 is 0.912 bits per heavy atom. The molecule has 0 saturated carbocycles. The van der Waals surface area contributed by atoms with Crippen molar-refractivity contribution in [1.82, 2.24) is 10.2 Å². The average molecular weight is 462 g/mol. The summed E-state index contributed by atoms with van der Waals surface area (Å²) in [4.78, 5) is 19.3.